The van der Waals surface area contributed by atoms with Gasteiger partial charge in [0, 0.05) is 5.57 Å². The molecule has 0 aromatic rings. The van der Waals surface area contributed by atoms with Crippen LogP contribution in [0, 0.1) is 11.8 Å². The number of hydrogen-bond acceptors (Lipinski definition) is 2. The topological polar surface area (TPSA) is 49.8 Å². The van der Waals surface area contributed by atoms with Crippen LogP contribution < -0.4 is 0 Å². The molecule has 2 aliphatic rings. The predicted octanol–water partition coefficient (Wildman–Crippen LogP) is 2.61. The average Bonchev–Trinajstić information content (AvgIpc) is 3.04. The Morgan fingerprint density at radius 3 is 2.50 bits per heavy atom. The first-order valence-electron chi connectivity index (χ1n) is 6.18. The van der Waals surface area contributed by atoms with E-state index in [1.165, 1.54) is 19.3 Å². The van der Waals surface area contributed by atoms with Gasteiger partial charge in [-0.25, -0.2) is 4.79 Å². The summed E-state index contributed by atoms with van der Waals surface area (Å²) in [5, 5.41) is 8.81. The highest BCUT2D eigenvalue weighted by atomic mass is 16.6. The van der Waals surface area contributed by atoms with Crippen LogP contribution in [0.5, 0.6) is 0 Å². The first-order valence-corrected chi connectivity index (χ1v) is 6.18. The Balaban J connectivity index is 1.75. The number of ether oxygens (including phenoxy) is 1. The molecule has 1 N–H and O–H groups in total. The van der Waals surface area contributed by atoms with Crippen LogP contribution in [0.2, 0.25) is 0 Å². The predicted molar refractivity (Wildman–Crippen MR) is 61.2 cm³/mol. The third-order valence-electron chi connectivity index (χ3n) is 3.71. The number of carboxylic acid groups (broad SMARTS) is 1. The van der Waals surface area contributed by atoms with Crippen molar-refractivity contribution in [2.45, 2.75) is 45.1 Å². The Morgan fingerprint density at radius 2 is 2.00 bits per heavy atom. The van der Waals surface area contributed by atoms with E-state index < -0.39 is 5.97 Å². The lowest BCUT2D eigenvalue weighted by Crippen LogP contribution is -2.15. The van der Waals surface area contributed by atoms with Crippen molar-refractivity contribution in [3.05, 3.63) is 11.6 Å². The third kappa shape index (κ3) is 3.34. The summed E-state index contributed by atoms with van der Waals surface area (Å²) in [4.78, 5) is 10.7. The molecule has 2 fully saturated rings. The highest BCUT2D eigenvalue weighted by Crippen LogP contribution is 2.35. The number of aliphatic carboxylic acids is 1. The molecule has 1 saturated heterocycles. The average molecular weight is 224 g/mol. The maximum absolute atomic E-state index is 10.7. The lowest BCUT2D eigenvalue weighted by Gasteiger charge is -2.26. The van der Waals surface area contributed by atoms with Crippen LogP contribution in [0.4, 0.5) is 0 Å². The van der Waals surface area contributed by atoms with Crippen LogP contribution in [-0.4, -0.2) is 23.8 Å². The molecule has 0 bridgehead atoms. The minimum absolute atomic E-state index is 0.479. The summed E-state index contributed by atoms with van der Waals surface area (Å²) in [6.07, 6.45) is 8.43. The van der Waals surface area contributed by atoms with E-state index in [4.69, 9.17) is 9.84 Å². The van der Waals surface area contributed by atoms with Gasteiger partial charge in [-0.2, -0.15) is 0 Å². The van der Waals surface area contributed by atoms with Crippen molar-refractivity contribution < 1.29 is 14.6 Å². The van der Waals surface area contributed by atoms with E-state index in [9.17, 15) is 4.79 Å². The number of carbonyl (C=O) groups is 1. The molecule has 90 valence electrons. The zero-order valence-electron chi connectivity index (χ0n) is 9.82. The zero-order valence-corrected chi connectivity index (χ0v) is 9.82. The van der Waals surface area contributed by atoms with Gasteiger partial charge >= 0.3 is 5.97 Å². The monoisotopic (exact) mass is 224 g/mol. The Kier molecular flexibility index (Phi) is 3.64. The van der Waals surface area contributed by atoms with Gasteiger partial charge in [0.25, 0.3) is 0 Å². The summed E-state index contributed by atoms with van der Waals surface area (Å²) in [7, 11) is 0. The van der Waals surface area contributed by atoms with Crippen LogP contribution in [0.3, 0.4) is 0 Å². The molecule has 0 spiro atoms. The second-order valence-corrected chi connectivity index (χ2v) is 5.13. The summed E-state index contributed by atoms with van der Waals surface area (Å²) < 4.78 is 5.24. The summed E-state index contributed by atoms with van der Waals surface area (Å²) in [6, 6.07) is 0. The highest BCUT2D eigenvalue weighted by Gasteiger charge is 2.29. The normalized spacial score (nSPS) is 34.8. The Hall–Kier alpha value is -0.830. The van der Waals surface area contributed by atoms with Crippen LogP contribution in [0.25, 0.3) is 0 Å². The summed E-state index contributed by atoms with van der Waals surface area (Å²) in [5.41, 5.74) is 0.494. The van der Waals surface area contributed by atoms with Crippen molar-refractivity contribution in [1.82, 2.24) is 0 Å². The molecule has 1 aliphatic heterocycles. The molecule has 0 amide bonds. The van der Waals surface area contributed by atoms with Crippen molar-refractivity contribution in [1.29, 1.82) is 0 Å². The van der Waals surface area contributed by atoms with Gasteiger partial charge in [0.2, 0.25) is 0 Å². The molecule has 2 rings (SSSR count). The van der Waals surface area contributed by atoms with Crippen molar-refractivity contribution in [3.63, 3.8) is 0 Å². The summed E-state index contributed by atoms with van der Waals surface area (Å²) in [6.45, 7) is 2.64. The Morgan fingerprint density at radius 1 is 1.38 bits per heavy atom. The van der Waals surface area contributed by atoms with Crippen LogP contribution in [-0.2, 0) is 9.53 Å². The van der Waals surface area contributed by atoms with Gasteiger partial charge in [0.05, 0.1) is 12.7 Å². The van der Waals surface area contributed by atoms with Crippen molar-refractivity contribution >= 4 is 5.97 Å². The van der Waals surface area contributed by atoms with Gasteiger partial charge in [-0.05, 0) is 50.9 Å². The number of hydrogen-bond donors (Lipinski definition) is 1. The fourth-order valence-electron chi connectivity index (χ4n) is 2.59. The van der Waals surface area contributed by atoms with Crippen LogP contribution >= 0.6 is 0 Å². The van der Waals surface area contributed by atoms with Gasteiger partial charge in [-0.3, -0.25) is 0 Å². The van der Waals surface area contributed by atoms with Gasteiger partial charge in [-0.15, -0.1) is 0 Å². The van der Waals surface area contributed by atoms with E-state index in [0.717, 1.165) is 25.4 Å². The lowest BCUT2D eigenvalue weighted by molar-refractivity contribution is -0.132. The standard InChI is InChI=1S/C13H20O3/c1-9(13(14)15)6-10-2-4-11(5-3-10)7-12-8-16-12/h6,10-12H,2-5,7-8H2,1H3,(H,14,15). The fraction of sp³-hybridized carbons (Fsp3) is 0.769. The highest BCUT2D eigenvalue weighted by molar-refractivity contribution is 5.85. The molecule has 1 heterocycles. The third-order valence-corrected chi connectivity index (χ3v) is 3.71. The molecule has 3 heteroatoms. The van der Waals surface area contributed by atoms with Gasteiger partial charge < -0.3 is 9.84 Å². The lowest BCUT2D eigenvalue weighted by atomic mass is 9.79. The van der Waals surface area contributed by atoms with E-state index in [1.807, 2.05) is 6.08 Å². The number of allylic oxidation sites excluding steroid dienone is 1. The Bertz CT molecular complexity index is 284. The zero-order chi connectivity index (χ0) is 11.5. The molecule has 3 nitrogen and oxygen atoms in total. The second-order valence-electron chi connectivity index (χ2n) is 5.13. The first-order chi connectivity index (χ1) is 7.65. The smallest absolute Gasteiger partial charge is 0.330 e. The SMILES string of the molecule is CC(=CC1CCC(CC2CO2)CC1)C(=O)O. The molecular formula is C13H20O3. The van der Waals surface area contributed by atoms with Crippen LogP contribution in [0.15, 0.2) is 11.6 Å². The van der Waals surface area contributed by atoms with Crippen LogP contribution in [0.1, 0.15) is 39.0 Å². The largest absolute Gasteiger partial charge is 0.478 e. The molecule has 1 unspecified atom stereocenters. The molecule has 1 atom stereocenters. The molecule has 0 aromatic heterocycles. The number of rotatable bonds is 4. The minimum Gasteiger partial charge on any atom is -0.478 e. The molecule has 0 radical (unpaired) electrons. The number of epoxide rings is 1. The van der Waals surface area contributed by atoms with Crippen molar-refractivity contribution in [2.75, 3.05) is 6.61 Å². The van der Waals surface area contributed by atoms with E-state index in [0.29, 0.717) is 17.6 Å². The van der Waals surface area contributed by atoms with Gasteiger partial charge in [0.15, 0.2) is 0 Å². The fourth-order valence-corrected chi connectivity index (χ4v) is 2.59. The quantitative estimate of drug-likeness (QED) is 0.590. The summed E-state index contributed by atoms with van der Waals surface area (Å²) >= 11 is 0. The van der Waals surface area contributed by atoms with E-state index in [-0.39, 0.29) is 0 Å². The van der Waals surface area contributed by atoms with E-state index >= 15 is 0 Å². The maximum atomic E-state index is 10.7. The van der Waals surface area contributed by atoms with E-state index in [1.54, 1.807) is 6.92 Å². The van der Waals surface area contributed by atoms with Gasteiger partial charge in [0.1, 0.15) is 0 Å². The van der Waals surface area contributed by atoms with Crippen molar-refractivity contribution in [2.24, 2.45) is 11.8 Å². The first kappa shape index (κ1) is 11.6. The minimum atomic E-state index is -0.784. The summed E-state index contributed by atoms with van der Waals surface area (Å²) in [5.74, 6) is 0.503. The molecule has 1 saturated carbocycles. The Labute approximate surface area is 96.5 Å². The number of carboxylic acids is 1. The van der Waals surface area contributed by atoms with E-state index in [2.05, 4.69) is 0 Å². The molecule has 16 heavy (non-hydrogen) atoms. The molecule has 1 aliphatic carbocycles. The molecule has 0 aromatic carbocycles. The maximum Gasteiger partial charge on any atom is 0.330 e. The van der Waals surface area contributed by atoms with Crippen molar-refractivity contribution in [3.8, 4) is 0 Å². The molecular weight excluding hydrogens is 204 g/mol. The second kappa shape index (κ2) is 5.00. The van der Waals surface area contributed by atoms with Gasteiger partial charge in [-0.1, -0.05) is 6.08 Å².